The van der Waals surface area contributed by atoms with E-state index in [1.807, 2.05) is 0 Å². The van der Waals surface area contributed by atoms with E-state index in [1.54, 1.807) is 0 Å². The minimum atomic E-state index is -4.39. The number of primary amides is 1. The molecule has 0 spiro atoms. The maximum Gasteiger partial charge on any atom is 0.416 e. The molecule has 0 saturated carbocycles. The normalized spacial score (nSPS) is 11.0. The summed E-state index contributed by atoms with van der Waals surface area (Å²) in [7, 11) is 0. The fourth-order valence-corrected chi connectivity index (χ4v) is 1.95. The molecule has 2 aromatic rings. The molecule has 0 bridgehead atoms. The van der Waals surface area contributed by atoms with Crippen molar-refractivity contribution in [3.8, 4) is 5.75 Å². The maximum absolute atomic E-state index is 12.5. The highest BCUT2D eigenvalue weighted by Crippen LogP contribution is 2.29. The number of halogens is 3. The Hall–Kier alpha value is -3.03. The van der Waals surface area contributed by atoms with Gasteiger partial charge in [0.2, 0.25) is 0 Å². The number of rotatable bonds is 6. The highest BCUT2D eigenvalue weighted by Gasteiger charge is 2.29. The smallest absolute Gasteiger partial charge is 0.416 e. The van der Waals surface area contributed by atoms with Crippen molar-refractivity contribution in [2.75, 3.05) is 6.61 Å². The molecule has 0 atom stereocenters. The minimum Gasteiger partial charge on any atom is -0.484 e. The predicted octanol–water partition coefficient (Wildman–Crippen LogP) is 2.50. The molecule has 0 heterocycles. The second-order valence-corrected chi connectivity index (χ2v) is 5.16. The van der Waals surface area contributed by atoms with Crippen LogP contribution in [0.3, 0.4) is 0 Å². The van der Waals surface area contributed by atoms with Crippen molar-refractivity contribution in [3.63, 3.8) is 0 Å². The average molecular weight is 352 g/mol. The second kappa shape index (κ2) is 7.69. The van der Waals surface area contributed by atoms with E-state index in [-0.39, 0.29) is 19.1 Å². The third-order valence-electron chi connectivity index (χ3n) is 3.23. The summed E-state index contributed by atoms with van der Waals surface area (Å²) in [5, 5.41) is 2.61. The monoisotopic (exact) mass is 352 g/mol. The van der Waals surface area contributed by atoms with E-state index in [4.69, 9.17) is 10.5 Å². The highest BCUT2D eigenvalue weighted by molar-refractivity contribution is 5.94. The summed E-state index contributed by atoms with van der Waals surface area (Å²) >= 11 is 0. The molecule has 25 heavy (non-hydrogen) atoms. The lowest BCUT2D eigenvalue weighted by Gasteiger charge is -2.09. The molecule has 2 amide bonds. The third kappa shape index (κ3) is 5.52. The first-order chi connectivity index (χ1) is 11.8. The van der Waals surface area contributed by atoms with E-state index in [9.17, 15) is 22.8 Å². The van der Waals surface area contributed by atoms with Crippen LogP contribution in [0.5, 0.6) is 5.75 Å². The number of nitrogens with two attached hydrogens (primary N) is 1. The molecule has 0 aliphatic heterocycles. The van der Waals surface area contributed by atoms with Crippen LogP contribution in [0.15, 0.2) is 48.5 Å². The summed E-state index contributed by atoms with van der Waals surface area (Å²) in [5.74, 6) is -0.613. The molecule has 132 valence electrons. The fraction of sp³-hybridized carbons (Fsp3) is 0.176. The first-order valence-electron chi connectivity index (χ1n) is 7.21. The van der Waals surface area contributed by atoms with Gasteiger partial charge in [0.25, 0.3) is 11.8 Å². The summed E-state index contributed by atoms with van der Waals surface area (Å²) in [6.07, 6.45) is -4.39. The second-order valence-electron chi connectivity index (χ2n) is 5.16. The maximum atomic E-state index is 12.5. The van der Waals surface area contributed by atoms with Crippen molar-refractivity contribution >= 4 is 11.8 Å². The van der Waals surface area contributed by atoms with Crippen molar-refractivity contribution in [1.82, 2.24) is 5.32 Å². The first-order valence-corrected chi connectivity index (χ1v) is 7.21. The molecule has 3 N–H and O–H groups in total. The number of benzene rings is 2. The summed E-state index contributed by atoms with van der Waals surface area (Å²) in [5.41, 5.74) is 5.10. The number of ether oxygens (including phenoxy) is 1. The molecule has 8 heteroatoms. The quantitative estimate of drug-likeness (QED) is 0.838. The van der Waals surface area contributed by atoms with Gasteiger partial charge in [0.15, 0.2) is 6.61 Å². The summed E-state index contributed by atoms with van der Waals surface area (Å²) in [6, 6.07) is 10.6. The van der Waals surface area contributed by atoms with E-state index in [0.717, 1.165) is 12.1 Å². The Bertz CT molecular complexity index is 741. The van der Waals surface area contributed by atoms with Crippen LogP contribution in [0.25, 0.3) is 0 Å². The number of hydrogen-bond acceptors (Lipinski definition) is 3. The van der Waals surface area contributed by atoms with E-state index >= 15 is 0 Å². The number of carbonyl (C=O) groups is 2. The van der Waals surface area contributed by atoms with E-state index in [0.29, 0.717) is 16.9 Å². The van der Waals surface area contributed by atoms with Gasteiger partial charge in [-0.1, -0.05) is 12.1 Å². The lowest BCUT2D eigenvalue weighted by molar-refractivity contribution is -0.137. The third-order valence-corrected chi connectivity index (χ3v) is 3.23. The predicted molar refractivity (Wildman–Crippen MR) is 83.7 cm³/mol. The summed E-state index contributed by atoms with van der Waals surface area (Å²) in [6.45, 7) is -0.170. The first kappa shape index (κ1) is 18.3. The molecule has 0 aromatic heterocycles. The lowest BCUT2D eigenvalue weighted by atomic mass is 10.1. The lowest BCUT2D eigenvalue weighted by Crippen LogP contribution is -2.23. The van der Waals surface area contributed by atoms with E-state index in [1.165, 1.54) is 36.4 Å². The fourth-order valence-electron chi connectivity index (χ4n) is 1.95. The highest BCUT2D eigenvalue weighted by atomic mass is 19.4. The Kier molecular flexibility index (Phi) is 5.63. The van der Waals surface area contributed by atoms with Crippen LogP contribution in [-0.2, 0) is 17.5 Å². The SMILES string of the molecule is NC(=O)COc1ccc(C(=O)NCc2ccc(C(F)(F)F)cc2)cc1. The van der Waals surface area contributed by atoms with Crippen molar-refractivity contribution in [1.29, 1.82) is 0 Å². The van der Waals surface area contributed by atoms with E-state index in [2.05, 4.69) is 5.32 Å². The molecule has 0 fully saturated rings. The standard InChI is InChI=1S/C17H15F3N2O3/c18-17(19,20)13-5-1-11(2-6-13)9-22-16(24)12-3-7-14(8-4-12)25-10-15(21)23/h1-8H,9-10H2,(H2,21,23)(H,22,24). The van der Waals surface area contributed by atoms with Gasteiger partial charge in [0.1, 0.15) is 5.75 Å². The van der Waals surface area contributed by atoms with Crippen LogP contribution in [-0.4, -0.2) is 18.4 Å². The number of nitrogens with one attached hydrogen (secondary N) is 1. The molecule has 0 radical (unpaired) electrons. The number of carbonyl (C=O) groups excluding carboxylic acids is 2. The molecule has 0 saturated heterocycles. The molecular formula is C17H15F3N2O3. The number of amides is 2. The molecule has 2 rings (SSSR count). The molecule has 0 aliphatic carbocycles. The van der Waals surface area contributed by atoms with Gasteiger partial charge in [-0.3, -0.25) is 9.59 Å². The summed E-state index contributed by atoms with van der Waals surface area (Å²) < 4.78 is 42.5. The van der Waals surface area contributed by atoms with Crippen LogP contribution in [0.2, 0.25) is 0 Å². The van der Waals surface area contributed by atoms with Gasteiger partial charge in [-0.2, -0.15) is 13.2 Å². The van der Waals surface area contributed by atoms with E-state index < -0.39 is 17.6 Å². The molecule has 0 unspecified atom stereocenters. The Balaban J connectivity index is 1.90. The van der Waals surface area contributed by atoms with Gasteiger partial charge in [0, 0.05) is 12.1 Å². The summed E-state index contributed by atoms with van der Waals surface area (Å²) in [4.78, 5) is 22.6. The Morgan fingerprint density at radius 1 is 1.00 bits per heavy atom. The Morgan fingerprint density at radius 2 is 1.60 bits per heavy atom. The van der Waals surface area contributed by atoms with Crippen LogP contribution in [0.4, 0.5) is 13.2 Å². The Labute approximate surface area is 141 Å². The van der Waals surface area contributed by atoms with Gasteiger partial charge in [-0.25, -0.2) is 0 Å². The zero-order valence-electron chi connectivity index (χ0n) is 13.0. The molecular weight excluding hydrogens is 337 g/mol. The molecule has 5 nitrogen and oxygen atoms in total. The molecule has 0 aliphatic rings. The average Bonchev–Trinajstić information content (AvgIpc) is 2.58. The zero-order chi connectivity index (χ0) is 18.4. The van der Waals surface area contributed by atoms with Gasteiger partial charge in [-0.15, -0.1) is 0 Å². The zero-order valence-corrected chi connectivity index (χ0v) is 13.0. The van der Waals surface area contributed by atoms with Crippen LogP contribution in [0, 0.1) is 0 Å². The van der Waals surface area contributed by atoms with Crippen LogP contribution < -0.4 is 15.8 Å². The van der Waals surface area contributed by atoms with Gasteiger partial charge in [-0.05, 0) is 42.0 Å². The Morgan fingerprint density at radius 3 is 2.12 bits per heavy atom. The van der Waals surface area contributed by atoms with Crippen molar-refractivity contribution in [2.45, 2.75) is 12.7 Å². The topological polar surface area (TPSA) is 81.4 Å². The van der Waals surface area contributed by atoms with Gasteiger partial charge >= 0.3 is 6.18 Å². The van der Waals surface area contributed by atoms with Crippen LogP contribution in [0.1, 0.15) is 21.5 Å². The minimum absolute atomic E-state index is 0.0941. The van der Waals surface area contributed by atoms with Gasteiger partial charge < -0.3 is 15.8 Å². The van der Waals surface area contributed by atoms with Gasteiger partial charge in [0.05, 0.1) is 5.56 Å². The van der Waals surface area contributed by atoms with Crippen molar-refractivity contribution in [3.05, 3.63) is 65.2 Å². The molecule has 2 aromatic carbocycles. The van der Waals surface area contributed by atoms with Crippen LogP contribution >= 0.6 is 0 Å². The number of alkyl halides is 3. The van der Waals surface area contributed by atoms with Crippen molar-refractivity contribution < 1.29 is 27.5 Å². The largest absolute Gasteiger partial charge is 0.484 e. The van der Waals surface area contributed by atoms with Crippen molar-refractivity contribution in [2.24, 2.45) is 5.73 Å². The number of hydrogen-bond donors (Lipinski definition) is 2.